The SMILES string of the molecule is CNC(=O)Nc1cc(C(C)C)ccc1COc1ccc(C)cc1C. The second-order valence-electron chi connectivity index (χ2n) is 6.33. The van der Waals surface area contributed by atoms with Crippen LogP contribution < -0.4 is 15.4 Å². The topological polar surface area (TPSA) is 50.4 Å². The van der Waals surface area contributed by atoms with Gasteiger partial charge in [0.2, 0.25) is 0 Å². The summed E-state index contributed by atoms with van der Waals surface area (Å²) in [6, 6.07) is 12.0. The van der Waals surface area contributed by atoms with Gasteiger partial charge in [0.05, 0.1) is 0 Å². The molecule has 2 N–H and O–H groups in total. The van der Waals surface area contributed by atoms with Gasteiger partial charge in [0.15, 0.2) is 0 Å². The first-order chi connectivity index (χ1) is 11.4. The number of nitrogens with one attached hydrogen (secondary N) is 2. The maximum absolute atomic E-state index is 11.7. The van der Waals surface area contributed by atoms with Gasteiger partial charge in [-0.25, -0.2) is 4.79 Å². The Bertz CT molecular complexity index is 724. The van der Waals surface area contributed by atoms with Gasteiger partial charge in [-0.1, -0.05) is 43.7 Å². The van der Waals surface area contributed by atoms with Gasteiger partial charge in [0, 0.05) is 18.3 Å². The van der Waals surface area contributed by atoms with Crippen molar-refractivity contribution in [1.29, 1.82) is 0 Å². The zero-order valence-corrected chi connectivity index (χ0v) is 15.1. The van der Waals surface area contributed by atoms with Crippen LogP contribution in [-0.4, -0.2) is 13.1 Å². The molecule has 2 rings (SSSR count). The van der Waals surface area contributed by atoms with Crippen molar-refractivity contribution >= 4 is 11.7 Å². The normalized spacial score (nSPS) is 10.6. The average molecular weight is 326 g/mol. The largest absolute Gasteiger partial charge is 0.489 e. The van der Waals surface area contributed by atoms with Crippen LogP contribution in [0.25, 0.3) is 0 Å². The van der Waals surface area contributed by atoms with Crippen molar-refractivity contribution in [2.75, 3.05) is 12.4 Å². The zero-order chi connectivity index (χ0) is 17.7. The van der Waals surface area contributed by atoms with Crippen LogP contribution >= 0.6 is 0 Å². The first kappa shape index (κ1) is 17.9. The highest BCUT2D eigenvalue weighted by Gasteiger charge is 2.10. The van der Waals surface area contributed by atoms with Crippen molar-refractivity contribution in [1.82, 2.24) is 5.32 Å². The summed E-state index contributed by atoms with van der Waals surface area (Å²) in [5, 5.41) is 5.47. The maximum Gasteiger partial charge on any atom is 0.318 e. The molecule has 0 aliphatic heterocycles. The zero-order valence-electron chi connectivity index (χ0n) is 15.1. The number of urea groups is 1. The van der Waals surface area contributed by atoms with Crippen LogP contribution in [0.2, 0.25) is 0 Å². The van der Waals surface area contributed by atoms with Crippen LogP contribution in [0, 0.1) is 13.8 Å². The second-order valence-corrected chi connectivity index (χ2v) is 6.33. The van der Waals surface area contributed by atoms with Crippen LogP contribution in [0.15, 0.2) is 36.4 Å². The lowest BCUT2D eigenvalue weighted by Gasteiger charge is -2.16. The number of anilines is 1. The monoisotopic (exact) mass is 326 g/mol. The lowest BCUT2D eigenvalue weighted by Crippen LogP contribution is -2.25. The molecule has 128 valence electrons. The van der Waals surface area contributed by atoms with Gasteiger partial charge in [-0.15, -0.1) is 0 Å². The molecule has 0 fully saturated rings. The third-order valence-corrected chi connectivity index (χ3v) is 3.99. The predicted octanol–water partition coefficient (Wildman–Crippen LogP) is 4.76. The van der Waals surface area contributed by atoms with Crippen molar-refractivity contribution in [2.45, 2.75) is 40.2 Å². The molecule has 0 saturated carbocycles. The van der Waals surface area contributed by atoms with E-state index in [1.807, 2.05) is 31.2 Å². The smallest absolute Gasteiger partial charge is 0.318 e. The number of amides is 2. The first-order valence-electron chi connectivity index (χ1n) is 8.22. The molecule has 0 spiro atoms. The summed E-state index contributed by atoms with van der Waals surface area (Å²) in [6.07, 6.45) is 0. The fourth-order valence-electron chi connectivity index (χ4n) is 2.50. The molecule has 0 aliphatic rings. The molecule has 0 heterocycles. The fourth-order valence-corrected chi connectivity index (χ4v) is 2.50. The number of aryl methyl sites for hydroxylation is 2. The minimum atomic E-state index is -0.233. The molecule has 4 heteroatoms. The Morgan fingerprint density at radius 1 is 1.12 bits per heavy atom. The molecule has 2 aromatic carbocycles. The quantitative estimate of drug-likeness (QED) is 0.832. The van der Waals surface area contributed by atoms with E-state index in [0.29, 0.717) is 12.5 Å². The Kier molecular flexibility index (Phi) is 5.85. The van der Waals surface area contributed by atoms with Gasteiger partial charge in [0.1, 0.15) is 12.4 Å². The van der Waals surface area contributed by atoms with E-state index in [1.54, 1.807) is 7.05 Å². The molecule has 0 unspecified atom stereocenters. The van der Waals surface area contributed by atoms with E-state index >= 15 is 0 Å². The summed E-state index contributed by atoms with van der Waals surface area (Å²) in [4.78, 5) is 11.7. The summed E-state index contributed by atoms with van der Waals surface area (Å²) < 4.78 is 5.96. The molecule has 0 atom stereocenters. The molecular weight excluding hydrogens is 300 g/mol. The molecule has 0 radical (unpaired) electrons. The number of carbonyl (C=O) groups excluding carboxylic acids is 1. The van der Waals surface area contributed by atoms with Gasteiger partial charge in [0.25, 0.3) is 0 Å². The molecule has 0 aliphatic carbocycles. The number of rotatable bonds is 5. The second kappa shape index (κ2) is 7.86. The van der Waals surface area contributed by atoms with Gasteiger partial charge >= 0.3 is 6.03 Å². The summed E-state index contributed by atoms with van der Waals surface area (Å²) >= 11 is 0. The maximum atomic E-state index is 11.7. The van der Waals surface area contributed by atoms with Gasteiger partial charge in [-0.3, -0.25) is 0 Å². The van der Waals surface area contributed by atoms with Gasteiger partial charge in [-0.05, 0) is 43.0 Å². The standard InChI is InChI=1S/C20H26N2O2/c1-13(2)16-7-8-17(18(11-16)22-20(23)21-5)12-24-19-9-6-14(3)10-15(19)4/h6-11,13H,12H2,1-5H3,(H2,21,22,23). The predicted molar refractivity (Wildman–Crippen MR) is 98.9 cm³/mol. The van der Waals surface area contributed by atoms with Crippen molar-refractivity contribution in [3.05, 3.63) is 58.7 Å². The number of hydrogen-bond acceptors (Lipinski definition) is 2. The van der Waals surface area contributed by atoms with E-state index in [9.17, 15) is 4.79 Å². The number of carbonyl (C=O) groups is 1. The molecule has 0 bridgehead atoms. The summed E-state index contributed by atoms with van der Waals surface area (Å²) in [5.74, 6) is 1.25. The Hall–Kier alpha value is -2.49. The minimum absolute atomic E-state index is 0.233. The Morgan fingerprint density at radius 2 is 1.88 bits per heavy atom. The molecular formula is C20H26N2O2. The van der Waals surface area contributed by atoms with Crippen LogP contribution in [0.5, 0.6) is 5.75 Å². The molecule has 0 aromatic heterocycles. The van der Waals surface area contributed by atoms with E-state index in [1.165, 1.54) is 11.1 Å². The highest BCUT2D eigenvalue weighted by Crippen LogP contribution is 2.26. The van der Waals surface area contributed by atoms with Crippen LogP contribution in [0.1, 0.15) is 42.0 Å². The molecule has 2 aromatic rings. The third-order valence-electron chi connectivity index (χ3n) is 3.99. The van der Waals surface area contributed by atoms with E-state index in [2.05, 4.69) is 43.5 Å². The van der Waals surface area contributed by atoms with E-state index in [0.717, 1.165) is 22.6 Å². The summed E-state index contributed by atoms with van der Waals surface area (Å²) in [5.41, 5.74) is 5.22. The Morgan fingerprint density at radius 3 is 2.50 bits per heavy atom. The average Bonchev–Trinajstić information content (AvgIpc) is 2.54. The van der Waals surface area contributed by atoms with Gasteiger partial charge in [-0.2, -0.15) is 0 Å². The van der Waals surface area contributed by atoms with Gasteiger partial charge < -0.3 is 15.4 Å². The fraction of sp³-hybridized carbons (Fsp3) is 0.350. The van der Waals surface area contributed by atoms with Crippen molar-refractivity contribution < 1.29 is 9.53 Å². The first-order valence-corrected chi connectivity index (χ1v) is 8.22. The highest BCUT2D eigenvalue weighted by atomic mass is 16.5. The van der Waals surface area contributed by atoms with Crippen LogP contribution in [0.3, 0.4) is 0 Å². The summed E-state index contributed by atoms with van der Waals surface area (Å²) in [7, 11) is 1.60. The van der Waals surface area contributed by atoms with Crippen molar-refractivity contribution in [3.8, 4) is 5.75 Å². The highest BCUT2D eigenvalue weighted by molar-refractivity contribution is 5.90. The summed E-state index contributed by atoms with van der Waals surface area (Å²) in [6.45, 7) is 8.76. The van der Waals surface area contributed by atoms with Crippen LogP contribution in [-0.2, 0) is 6.61 Å². The van der Waals surface area contributed by atoms with Crippen molar-refractivity contribution in [3.63, 3.8) is 0 Å². The molecule has 4 nitrogen and oxygen atoms in total. The molecule has 2 amide bonds. The lowest BCUT2D eigenvalue weighted by molar-refractivity contribution is 0.254. The van der Waals surface area contributed by atoms with E-state index in [4.69, 9.17) is 4.74 Å². The Balaban J connectivity index is 2.22. The molecule has 24 heavy (non-hydrogen) atoms. The van der Waals surface area contributed by atoms with E-state index < -0.39 is 0 Å². The van der Waals surface area contributed by atoms with E-state index in [-0.39, 0.29) is 6.03 Å². The number of ether oxygens (including phenoxy) is 1. The number of benzene rings is 2. The molecule has 0 saturated heterocycles. The lowest BCUT2D eigenvalue weighted by atomic mass is 10.0. The van der Waals surface area contributed by atoms with Crippen molar-refractivity contribution in [2.24, 2.45) is 0 Å². The Labute approximate surface area is 144 Å². The number of hydrogen-bond donors (Lipinski definition) is 2. The third kappa shape index (κ3) is 4.51. The minimum Gasteiger partial charge on any atom is -0.489 e. The van der Waals surface area contributed by atoms with Crippen LogP contribution in [0.4, 0.5) is 10.5 Å².